The number of ether oxygens (including phenoxy) is 2. The minimum atomic E-state index is -0.593. The second-order valence-electron chi connectivity index (χ2n) is 4.79. The average molecular weight is 291 g/mol. The van der Waals surface area contributed by atoms with Crippen molar-refractivity contribution < 1.29 is 19.0 Å². The first-order valence-corrected chi connectivity index (χ1v) is 6.90. The standard InChI is InChI=1S/C16H21NO4/c1-12(16-4-3-9-20-16)17-10-13(18)11-21-15-7-5-14(19-2)6-8-15/h3-9,12-13,17-18H,10-11H2,1-2H3/t12-,13?/m0/s1. The Labute approximate surface area is 124 Å². The maximum absolute atomic E-state index is 9.91. The van der Waals surface area contributed by atoms with Crippen molar-refractivity contribution in [3.05, 3.63) is 48.4 Å². The molecule has 5 nitrogen and oxygen atoms in total. The van der Waals surface area contributed by atoms with Gasteiger partial charge in [-0.1, -0.05) is 0 Å². The van der Waals surface area contributed by atoms with Crippen LogP contribution in [-0.4, -0.2) is 31.5 Å². The van der Waals surface area contributed by atoms with Crippen LogP contribution in [0.25, 0.3) is 0 Å². The first-order valence-electron chi connectivity index (χ1n) is 6.90. The monoisotopic (exact) mass is 291 g/mol. The summed E-state index contributed by atoms with van der Waals surface area (Å²) in [4.78, 5) is 0. The summed E-state index contributed by atoms with van der Waals surface area (Å²) in [6.45, 7) is 2.64. The first-order chi connectivity index (χ1) is 10.2. The van der Waals surface area contributed by atoms with Gasteiger partial charge in [-0.05, 0) is 43.3 Å². The van der Waals surface area contributed by atoms with E-state index in [9.17, 15) is 5.11 Å². The zero-order valence-electron chi connectivity index (χ0n) is 12.3. The molecular weight excluding hydrogens is 270 g/mol. The maximum Gasteiger partial charge on any atom is 0.120 e. The molecule has 1 heterocycles. The SMILES string of the molecule is COc1ccc(OCC(O)CN[C@@H](C)c2ccco2)cc1. The third-order valence-corrected chi connectivity index (χ3v) is 3.13. The lowest BCUT2D eigenvalue weighted by Crippen LogP contribution is -2.32. The Morgan fingerprint density at radius 3 is 2.52 bits per heavy atom. The van der Waals surface area contributed by atoms with Gasteiger partial charge in [0.1, 0.15) is 30.0 Å². The van der Waals surface area contributed by atoms with Gasteiger partial charge in [-0.2, -0.15) is 0 Å². The van der Waals surface area contributed by atoms with Crippen molar-refractivity contribution in [2.45, 2.75) is 19.1 Å². The highest BCUT2D eigenvalue weighted by Gasteiger charge is 2.11. The van der Waals surface area contributed by atoms with Gasteiger partial charge in [0.25, 0.3) is 0 Å². The summed E-state index contributed by atoms with van der Waals surface area (Å²) in [5.41, 5.74) is 0. The van der Waals surface area contributed by atoms with Crippen LogP contribution in [0.1, 0.15) is 18.7 Å². The van der Waals surface area contributed by atoms with E-state index >= 15 is 0 Å². The predicted octanol–water partition coefficient (Wildman–Crippen LogP) is 2.38. The molecule has 1 aromatic heterocycles. The highest BCUT2D eigenvalue weighted by atomic mass is 16.5. The smallest absolute Gasteiger partial charge is 0.120 e. The summed E-state index contributed by atoms with van der Waals surface area (Å²) < 4.78 is 15.9. The normalized spacial score (nSPS) is 13.7. The lowest BCUT2D eigenvalue weighted by Gasteiger charge is -2.16. The largest absolute Gasteiger partial charge is 0.497 e. The first kappa shape index (κ1) is 15.4. The molecule has 5 heteroatoms. The third-order valence-electron chi connectivity index (χ3n) is 3.13. The summed E-state index contributed by atoms with van der Waals surface area (Å²) in [7, 11) is 1.62. The van der Waals surface area contributed by atoms with Gasteiger partial charge >= 0.3 is 0 Å². The van der Waals surface area contributed by atoms with Crippen LogP contribution in [0.3, 0.4) is 0 Å². The van der Waals surface area contributed by atoms with E-state index in [4.69, 9.17) is 13.9 Å². The van der Waals surface area contributed by atoms with Crippen LogP contribution in [0.4, 0.5) is 0 Å². The van der Waals surface area contributed by atoms with Gasteiger partial charge in [-0.3, -0.25) is 0 Å². The number of methoxy groups -OCH3 is 1. The van der Waals surface area contributed by atoms with E-state index in [1.165, 1.54) is 0 Å². The van der Waals surface area contributed by atoms with Gasteiger partial charge in [-0.15, -0.1) is 0 Å². The topological polar surface area (TPSA) is 63.9 Å². The summed E-state index contributed by atoms with van der Waals surface area (Å²) >= 11 is 0. The maximum atomic E-state index is 9.91. The number of benzene rings is 1. The van der Waals surface area contributed by atoms with E-state index < -0.39 is 6.10 Å². The number of rotatable bonds is 8. The second-order valence-corrected chi connectivity index (χ2v) is 4.79. The zero-order chi connectivity index (χ0) is 15.1. The van der Waals surface area contributed by atoms with Crippen LogP contribution >= 0.6 is 0 Å². The molecule has 0 aliphatic carbocycles. The van der Waals surface area contributed by atoms with Crippen molar-refractivity contribution in [1.82, 2.24) is 5.32 Å². The molecule has 0 amide bonds. The summed E-state index contributed by atoms with van der Waals surface area (Å²) in [5.74, 6) is 2.32. The average Bonchev–Trinajstić information content (AvgIpc) is 3.05. The molecule has 1 aromatic carbocycles. The lowest BCUT2D eigenvalue weighted by atomic mass is 10.2. The molecule has 2 aromatic rings. The molecule has 114 valence electrons. The zero-order valence-corrected chi connectivity index (χ0v) is 12.3. The molecule has 0 spiro atoms. The van der Waals surface area contributed by atoms with Crippen molar-refractivity contribution in [1.29, 1.82) is 0 Å². The minimum absolute atomic E-state index is 0.0515. The number of aliphatic hydroxyl groups excluding tert-OH is 1. The molecule has 0 aliphatic rings. The molecule has 0 bridgehead atoms. The Balaban J connectivity index is 1.70. The van der Waals surface area contributed by atoms with E-state index in [-0.39, 0.29) is 12.6 Å². The Morgan fingerprint density at radius 2 is 1.90 bits per heavy atom. The Hall–Kier alpha value is -1.98. The molecule has 0 saturated carbocycles. The Morgan fingerprint density at radius 1 is 1.19 bits per heavy atom. The van der Waals surface area contributed by atoms with Gasteiger partial charge < -0.3 is 24.3 Å². The second kappa shape index (κ2) is 7.71. The highest BCUT2D eigenvalue weighted by Crippen LogP contribution is 2.17. The number of aliphatic hydroxyl groups is 1. The number of nitrogens with one attached hydrogen (secondary N) is 1. The molecule has 2 atom stereocenters. The van der Waals surface area contributed by atoms with Crippen molar-refractivity contribution in [2.75, 3.05) is 20.3 Å². The summed E-state index contributed by atoms with van der Waals surface area (Å²) in [6.07, 6.45) is 1.04. The van der Waals surface area contributed by atoms with Crippen LogP contribution in [0, 0.1) is 0 Å². The summed E-state index contributed by atoms with van der Waals surface area (Å²) in [5, 5.41) is 13.1. The van der Waals surface area contributed by atoms with Gasteiger partial charge in [0.2, 0.25) is 0 Å². The quantitative estimate of drug-likeness (QED) is 0.782. The van der Waals surface area contributed by atoms with E-state index in [0.29, 0.717) is 12.3 Å². The van der Waals surface area contributed by atoms with Crippen molar-refractivity contribution in [3.8, 4) is 11.5 Å². The van der Waals surface area contributed by atoms with Gasteiger partial charge in [0.15, 0.2) is 0 Å². The molecule has 0 aliphatic heterocycles. The van der Waals surface area contributed by atoms with Crippen LogP contribution in [0.15, 0.2) is 47.1 Å². The van der Waals surface area contributed by atoms with Crippen LogP contribution in [-0.2, 0) is 0 Å². The molecule has 0 saturated heterocycles. The lowest BCUT2D eigenvalue weighted by molar-refractivity contribution is 0.103. The van der Waals surface area contributed by atoms with Crippen molar-refractivity contribution in [2.24, 2.45) is 0 Å². The van der Waals surface area contributed by atoms with Gasteiger partial charge in [-0.25, -0.2) is 0 Å². The van der Waals surface area contributed by atoms with Crippen LogP contribution < -0.4 is 14.8 Å². The van der Waals surface area contributed by atoms with E-state index in [1.807, 2.05) is 43.3 Å². The Bertz CT molecular complexity index is 510. The van der Waals surface area contributed by atoms with Gasteiger partial charge in [0.05, 0.1) is 19.4 Å². The van der Waals surface area contributed by atoms with Crippen LogP contribution in [0.5, 0.6) is 11.5 Å². The molecule has 1 unspecified atom stereocenters. The molecule has 0 radical (unpaired) electrons. The van der Waals surface area contributed by atoms with Crippen molar-refractivity contribution >= 4 is 0 Å². The molecular formula is C16H21NO4. The molecule has 0 fully saturated rings. The fourth-order valence-corrected chi connectivity index (χ4v) is 1.87. The van der Waals surface area contributed by atoms with E-state index in [2.05, 4.69) is 5.32 Å². The molecule has 21 heavy (non-hydrogen) atoms. The predicted molar refractivity (Wildman–Crippen MR) is 79.6 cm³/mol. The van der Waals surface area contributed by atoms with Crippen molar-refractivity contribution in [3.63, 3.8) is 0 Å². The van der Waals surface area contributed by atoms with Crippen LogP contribution in [0.2, 0.25) is 0 Å². The van der Waals surface area contributed by atoms with E-state index in [0.717, 1.165) is 11.5 Å². The fourth-order valence-electron chi connectivity index (χ4n) is 1.87. The van der Waals surface area contributed by atoms with Gasteiger partial charge in [0, 0.05) is 6.54 Å². The number of furan rings is 1. The number of hydrogen-bond acceptors (Lipinski definition) is 5. The van der Waals surface area contributed by atoms with E-state index in [1.54, 1.807) is 13.4 Å². The number of hydrogen-bond donors (Lipinski definition) is 2. The third kappa shape index (κ3) is 4.81. The molecule has 2 rings (SSSR count). The molecule has 2 N–H and O–H groups in total. The fraction of sp³-hybridized carbons (Fsp3) is 0.375. The Kier molecular flexibility index (Phi) is 5.66. The highest BCUT2D eigenvalue weighted by molar-refractivity contribution is 5.31. The summed E-state index contributed by atoms with van der Waals surface area (Å²) in [6, 6.07) is 11.1. The minimum Gasteiger partial charge on any atom is -0.497 e.